The van der Waals surface area contributed by atoms with E-state index >= 15 is 0 Å². The molecule has 2 aliphatic rings. The number of hydrogen-bond acceptors (Lipinski definition) is 8. The van der Waals surface area contributed by atoms with E-state index in [-0.39, 0.29) is 46.9 Å². The molecule has 13 heteroatoms. The molecule has 0 saturated carbocycles. The minimum absolute atomic E-state index is 0.0905. The van der Waals surface area contributed by atoms with Gasteiger partial charge in [0, 0.05) is 47.6 Å². The van der Waals surface area contributed by atoms with Crippen molar-refractivity contribution in [2.75, 3.05) is 5.73 Å². The number of amidine groups is 1. The molecule has 4 aromatic heterocycles. The van der Waals surface area contributed by atoms with E-state index in [2.05, 4.69) is 15.1 Å². The Labute approximate surface area is 234 Å². The molecule has 2 atom stereocenters. The van der Waals surface area contributed by atoms with Gasteiger partial charge in [-0.05, 0) is 50.8 Å². The number of nitrogens with two attached hydrogens (primary N) is 2. The highest BCUT2D eigenvalue weighted by Gasteiger charge is 2.45. The second-order valence-corrected chi connectivity index (χ2v) is 10.3. The Morgan fingerprint density at radius 2 is 1.88 bits per heavy atom. The lowest BCUT2D eigenvalue weighted by Crippen LogP contribution is -2.50. The summed E-state index contributed by atoms with van der Waals surface area (Å²) in [5.74, 6) is -0.221. The molecule has 6 heterocycles. The molecule has 5 N–H and O–H groups in total. The lowest BCUT2D eigenvalue weighted by Gasteiger charge is -2.39. The van der Waals surface area contributed by atoms with Gasteiger partial charge in [-0.2, -0.15) is 9.61 Å². The van der Waals surface area contributed by atoms with E-state index < -0.39 is 0 Å². The number of piperidine rings is 1. The average Bonchev–Trinajstić information content (AvgIpc) is 3.50. The normalized spacial score (nSPS) is 20.4. The maximum atomic E-state index is 12.9. The molecule has 208 valence electrons. The van der Waals surface area contributed by atoms with Gasteiger partial charge >= 0.3 is 0 Å². The third kappa shape index (κ3) is 4.35. The van der Waals surface area contributed by atoms with Gasteiger partial charge in [0.15, 0.2) is 17.3 Å². The first-order valence-corrected chi connectivity index (χ1v) is 13.3. The van der Waals surface area contributed by atoms with Gasteiger partial charge in [0.1, 0.15) is 18.0 Å². The number of carbonyl (C=O) groups is 2. The molecule has 1 amide bonds. The Hall–Kier alpha value is -5.20. The molecule has 13 nitrogen and oxygen atoms in total. The number of aromatic nitrogens is 5. The number of nitrogen functional groups attached to an aromatic ring is 1. The van der Waals surface area contributed by atoms with Crippen LogP contribution in [0.5, 0.6) is 0 Å². The van der Waals surface area contributed by atoms with Gasteiger partial charge in [-0.3, -0.25) is 24.4 Å². The number of anilines is 1. The van der Waals surface area contributed by atoms with Crippen LogP contribution in [0.25, 0.3) is 22.6 Å². The van der Waals surface area contributed by atoms with Crippen molar-refractivity contribution in [1.29, 1.82) is 5.41 Å². The van der Waals surface area contributed by atoms with Crippen LogP contribution in [0.1, 0.15) is 54.6 Å². The monoisotopic (exact) mass is 552 g/mol. The molecule has 4 aromatic rings. The Morgan fingerprint density at radius 3 is 2.51 bits per heavy atom. The third-order valence-electron chi connectivity index (χ3n) is 7.97. The van der Waals surface area contributed by atoms with E-state index in [4.69, 9.17) is 21.9 Å². The summed E-state index contributed by atoms with van der Waals surface area (Å²) in [4.78, 5) is 52.9. The van der Waals surface area contributed by atoms with Gasteiger partial charge in [-0.15, -0.1) is 0 Å². The van der Waals surface area contributed by atoms with Crippen molar-refractivity contribution in [3.8, 4) is 16.9 Å². The van der Waals surface area contributed by atoms with Gasteiger partial charge in [0.05, 0.1) is 17.5 Å². The van der Waals surface area contributed by atoms with Crippen LogP contribution in [0, 0.1) is 5.41 Å². The fraction of sp³-hybridized carbons (Fsp3) is 0.286. The largest absolute Gasteiger partial charge is 0.383 e. The van der Waals surface area contributed by atoms with E-state index in [1.807, 2.05) is 6.07 Å². The second-order valence-electron chi connectivity index (χ2n) is 10.3. The zero-order valence-electron chi connectivity index (χ0n) is 22.3. The molecule has 41 heavy (non-hydrogen) atoms. The maximum absolute atomic E-state index is 12.9. The number of hydrogen-bond donors (Lipinski definition) is 3. The third-order valence-corrected chi connectivity index (χ3v) is 7.97. The summed E-state index contributed by atoms with van der Waals surface area (Å²) in [6, 6.07) is 8.29. The summed E-state index contributed by atoms with van der Waals surface area (Å²) < 4.78 is 2.91. The summed E-state index contributed by atoms with van der Waals surface area (Å²) in [7, 11) is 0. The Morgan fingerprint density at radius 1 is 1.12 bits per heavy atom. The molecule has 0 spiro atoms. The first kappa shape index (κ1) is 26.0. The molecule has 2 fully saturated rings. The van der Waals surface area contributed by atoms with Crippen molar-refractivity contribution in [2.45, 2.75) is 50.6 Å². The minimum atomic E-state index is -0.374. The summed E-state index contributed by atoms with van der Waals surface area (Å²) in [5, 5.41) is 11.6. The van der Waals surface area contributed by atoms with Gasteiger partial charge in [-0.25, -0.2) is 15.0 Å². The molecule has 0 radical (unpaired) electrons. The van der Waals surface area contributed by atoms with Crippen LogP contribution in [0.15, 0.2) is 58.7 Å². The van der Waals surface area contributed by atoms with Gasteiger partial charge < -0.3 is 16.4 Å². The fourth-order valence-electron chi connectivity index (χ4n) is 6.19. The van der Waals surface area contributed by atoms with Gasteiger partial charge in [0.25, 0.3) is 11.5 Å². The van der Waals surface area contributed by atoms with E-state index in [0.29, 0.717) is 41.1 Å². The molecule has 2 aliphatic heterocycles. The van der Waals surface area contributed by atoms with Crippen LogP contribution in [-0.4, -0.2) is 65.0 Å². The highest BCUT2D eigenvalue weighted by molar-refractivity contribution is 6.38. The molecule has 2 saturated heterocycles. The summed E-state index contributed by atoms with van der Waals surface area (Å²) in [6.45, 7) is 1.46. The molecule has 0 aliphatic carbocycles. The first-order valence-electron chi connectivity index (χ1n) is 13.3. The number of carbonyl (C=O) groups excluding carboxylic acids is 2. The summed E-state index contributed by atoms with van der Waals surface area (Å²) in [5.41, 5.74) is 15.0. The molecule has 2 unspecified atom stereocenters. The van der Waals surface area contributed by atoms with Crippen LogP contribution in [0.4, 0.5) is 5.82 Å². The number of pyridine rings is 2. The lowest BCUT2D eigenvalue weighted by atomic mass is 9.85. The van der Waals surface area contributed by atoms with Crippen LogP contribution in [-0.2, 0) is 4.79 Å². The van der Waals surface area contributed by atoms with Crippen molar-refractivity contribution < 1.29 is 9.59 Å². The van der Waals surface area contributed by atoms with Crippen molar-refractivity contribution in [1.82, 2.24) is 29.0 Å². The number of ketones is 1. The van der Waals surface area contributed by atoms with Crippen molar-refractivity contribution in [3.63, 3.8) is 0 Å². The first-order chi connectivity index (χ1) is 19.8. The van der Waals surface area contributed by atoms with E-state index in [0.717, 1.165) is 24.7 Å². The van der Waals surface area contributed by atoms with Crippen molar-refractivity contribution in [3.05, 3.63) is 70.5 Å². The van der Waals surface area contributed by atoms with Gasteiger partial charge in [0.2, 0.25) is 0 Å². The smallest absolute Gasteiger partial charge is 0.289 e. The standard InChI is InChI=1S/C28H28N10O3/c1-15(39)23-24(17-10-18-6-7-19(11-17)37(18)28(41)25(30)33-14-29)35-27-20(13-34-38(27)26(23)31)16-5-8-21(32-12-16)36-9-3-2-4-22(36)40/h2-5,8-9,12-14,17-19H,6-7,10-11,31H2,1H3,(H3,29,30,33). The number of aliphatic imine (C=N–C) groups is 1. The molecule has 2 bridgehead atoms. The quantitative estimate of drug-likeness (QED) is 0.190. The topological polar surface area (TPSA) is 191 Å². The fourth-order valence-corrected chi connectivity index (χ4v) is 6.19. The average molecular weight is 553 g/mol. The minimum Gasteiger partial charge on any atom is -0.383 e. The number of amides is 1. The van der Waals surface area contributed by atoms with Crippen molar-refractivity contribution in [2.24, 2.45) is 10.7 Å². The van der Waals surface area contributed by atoms with Crippen molar-refractivity contribution >= 4 is 35.3 Å². The van der Waals surface area contributed by atoms with Gasteiger partial charge in [-0.1, -0.05) is 6.07 Å². The predicted octanol–water partition coefficient (Wildman–Crippen LogP) is 1.93. The van der Waals surface area contributed by atoms with Crippen LogP contribution in [0.3, 0.4) is 0 Å². The van der Waals surface area contributed by atoms with E-state index in [1.165, 1.54) is 22.1 Å². The summed E-state index contributed by atoms with van der Waals surface area (Å²) >= 11 is 0. The zero-order valence-corrected chi connectivity index (χ0v) is 22.3. The number of nitrogens with one attached hydrogen (secondary N) is 1. The van der Waals surface area contributed by atoms with Crippen LogP contribution in [0.2, 0.25) is 0 Å². The molecular weight excluding hydrogens is 524 g/mol. The predicted molar refractivity (Wildman–Crippen MR) is 152 cm³/mol. The molecule has 0 aromatic carbocycles. The number of fused-ring (bicyclic) bond motifs is 3. The lowest BCUT2D eigenvalue weighted by molar-refractivity contribution is -0.128. The Kier molecular flexibility index (Phi) is 6.40. The van der Waals surface area contributed by atoms with E-state index in [1.54, 1.807) is 41.7 Å². The number of nitrogens with zero attached hydrogens (tertiary/aromatic N) is 7. The summed E-state index contributed by atoms with van der Waals surface area (Å²) in [6.07, 6.45) is 8.48. The molecular formula is C28H28N10O3. The van der Waals surface area contributed by atoms with E-state index in [9.17, 15) is 14.4 Å². The Balaban J connectivity index is 1.38. The second kappa shape index (κ2) is 10.1. The Bertz CT molecular complexity index is 1780. The SMILES string of the molecule is CC(=O)c1c(C2CC3CCC(C2)N3C(=O)C(N)=NC=N)nc2c(-c3ccc(-n4ccccc4=O)nc3)cnn2c1N. The number of rotatable bonds is 5. The highest BCUT2D eigenvalue weighted by atomic mass is 16.2. The van der Waals surface area contributed by atoms with Crippen LogP contribution < -0.4 is 17.0 Å². The maximum Gasteiger partial charge on any atom is 0.289 e. The highest BCUT2D eigenvalue weighted by Crippen LogP contribution is 2.44. The number of Topliss-reactive ketones (excluding diaryl/α,β-unsaturated/α-hetero) is 1. The zero-order chi connectivity index (χ0) is 28.8. The van der Waals surface area contributed by atoms with Crippen LogP contribution >= 0.6 is 0 Å². The molecule has 6 rings (SSSR count).